The van der Waals surface area contributed by atoms with Crippen molar-refractivity contribution in [3.8, 4) is 6.07 Å². The summed E-state index contributed by atoms with van der Waals surface area (Å²) in [6, 6.07) is 10.8. The SMILES string of the molecule is CS(=O)Cc1cc(Nc2cc(NC3CC3)n3ncc(C#N)c3n2)ccc1C1CCCNC1.O=C(O)C(F)(F)F. The maximum absolute atomic E-state index is 12.1. The number of alkyl halides is 3. The molecule has 2 atom stereocenters. The largest absolute Gasteiger partial charge is 0.490 e. The summed E-state index contributed by atoms with van der Waals surface area (Å²) in [5.41, 5.74) is 4.25. The zero-order chi connectivity index (χ0) is 28.2. The zero-order valence-electron chi connectivity index (χ0n) is 21.1. The van der Waals surface area contributed by atoms with Gasteiger partial charge in [-0.1, -0.05) is 6.07 Å². The van der Waals surface area contributed by atoms with Crippen molar-refractivity contribution >= 4 is 39.7 Å². The minimum absolute atomic E-state index is 0.440. The average Bonchev–Trinajstić information content (AvgIpc) is 3.60. The highest BCUT2D eigenvalue weighted by molar-refractivity contribution is 7.83. The van der Waals surface area contributed by atoms with E-state index in [2.05, 4.69) is 50.3 Å². The lowest BCUT2D eigenvalue weighted by atomic mass is 9.88. The summed E-state index contributed by atoms with van der Waals surface area (Å²) in [7, 11) is -0.928. The Morgan fingerprint density at radius 1 is 1.31 bits per heavy atom. The van der Waals surface area contributed by atoms with Crippen molar-refractivity contribution in [2.75, 3.05) is 30.0 Å². The van der Waals surface area contributed by atoms with Crippen molar-refractivity contribution in [1.29, 1.82) is 5.26 Å². The highest BCUT2D eigenvalue weighted by Crippen LogP contribution is 2.31. The summed E-state index contributed by atoms with van der Waals surface area (Å²) in [6.45, 7) is 2.03. The van der Waals surface area contributed by atoms with Gasteiger partial charge in [-0.15, -0.1) is 0 Å². The molecule has 1 saturated carbocycles. The number of halogens is 3. The number of fused-ring (bicyclic) bond motifs is 1. The van der Waals surface area contributed by atoms with E-state index in [1.54, 1.807) is 17.0 Å². The molecule has 2 aliphatic rings. The van der Waals surface area contributed by atoms with Gasteiger partial charge in [0.25, 0.3) is 0 Å². The van der Waals surface area contributed by atoms with E-state index in [4.69, 9.17) is 9.90 Å². The zero-order valence-corrected chi connectivity index (χ0v) is 21.9. The van der Waals surface area contributed by atoms with Gasteiger partial charge in [0.1, 0.15) is 23.3 Å². The van der Waals surface area contributed by atoms with E-state index in [-0.39, 0.29) is 0 Å². The van der Waals surface area contributed by atoms with E-state index >= 15 is 0 Å². The fourth-order valence-corrected chi connectivity index (χ4v) is 5.02. The summed E-state index contributed by atoms with van der Waals surface area (Å²) >= 11 is 0. The smallest absolute Gasteiger partial charge is 0.475 e. The number of aliphatic carboxylic acids is 1. The Kier molecular flexibility index (Phi) is 8.71. The molecule has 10 nitrogen and oxygen atoms in total. The number of hydrogen-bond donors (Lipinski definition) is 4. The fourth-order valence-electron chi connectivity index (χ4n) is 4.34. The predicted molar refractivity (Wildman–Crippen MR) is 140 cm³/mol. The second-order valence-electron chi connectivity index (χ2n) is 9.45. The Morgan fingerprint density at radius 3 is 2.64 bits per heavy atom. The highest BCUT2D eigenvalue weighted by Gasteiger charge is 2.38. The van der Waals surface area contributed by atoms with Gasteiger partial charge in [-0.25, -0.2) is 9.78 Å². The number of carbonyl (C=O) groups is 1. The molecule has 1 aromatic carbocycles. The van der Waals surface area contributed by atoms with Crippen LogP contribution in [0.25, 0.3) is 5.65 Å². The molecule has 0 bridgehead atoms. The summed E-state index contributed by atoms with van der Waals surface area (Å²) < 4.78 is 45.5. The van der Waals surface area contributed by atoms with Gasteiger partial charge in [0.2, 0.25) is 0 Å². The van der Waals surface area contributed by atoms with Gasteiger partial charge in [0.15, 0.2) is 5.65 Å². The molecule has 3 heterocycles. The Hall–Kier alpha value is -3.70. The van der Waals surface area contributed by atoms with Crippen molar-refractivity contribution in [1.82, 2.24) is 19.9 Å². The first-order valence-corrected chi connectivity index (χ1v) is 14.0. The molecule has 208 valence electrons. The number of nitriles is 1. The maximum atomic E-state index is 12.1. The highest BCUT2D eigenvalue weighted by atomic mass is 32.2. The molecule has 0 radical (unpaired) electrons. The van der Waals surface area contributed by atoms with Crippen molar-refractivity contribution in [2.45, 2.75) is 49.6 Å². The second-order valence-corrected chi connectivity index (χ2v) is 10.9. The van der Waals surface area contributed by atoms with Crippen LogP contribution in [0.15, 0.2) is 30.5 Å². The quantitative estimate of drug-likeness (QED) is 0.336. The minimum atomic E-state index is -5.08. The number of hydrogen-bond acceptors (Lipinski definition) is 8. The lowest BCUT2D eigenvalue weighted by Crippen LogP contribution is -2.29. The van der Waals surface area contributed by atoms with Crippen LogP contribution in [-0.2, 0) is 21.3 Å². The van der Waals surface area contributed by atoms with Crippen LogP contribution in [-0.4, -0.2) is 61.4 Å². The van der Waals surface area contributed by atoms with Gasteiger partial charge in [-0.05, 0) is 61.4 Å². The van der Waals surface area contributed by atoms with Crippen LogP contribution in [0.3, 0.4) is 0 Å². The van der Waals surface area contributed by atoms with Crippen molar-refractivity contribution in [3.63, 3.8) is 0 Å². The summed E-state index contributed by atoms with van der Waals surface area (Å²) in [4.78, 5) is 13.5. The Bertz CT molecular complexity index is 1410. The number of aromatic nitrogens is 3. The average molecular weight is 564 g/mol. The van der Waals surface area contributed by atoms with E-state index in [1.807, 2.05) is 6.07 Å². The molecule has 2 aromatic heterocycles. The monoisotopic (exact) mass is 563 g/mol. The standard InChI is InChI=1S/C23H27N7OS.C2HF3O2/c1-32(31)14-16-9-19(6-7-20(16)15-3-2-8-25-12-15)27-21-10-22(28-18-4-5-18)30-23(29-21)17(11-24)13-26-30;3-2(4,5)1(6)7/h6-7,9-10,13,15,18,25,28H,2-5,8,12,14H2,1H3,(H,27,29);(H,6,7). The van der Waals surface area contributed by atoms with E-state index < -0.39 is 22.9 Å². The first kappa shape index (κ1) is 28.3. The molecule has 3 aromatic rings. The summed E-state index contributed by atoms with van der Waals surface area (Å²) in [5.74, 6) is -0.309. The van der Waals surface area contributed by atoms with E-state index in [0.29, 0.717) is 34.7 Å². The van der Waals surface area contributed by atoms with Crippen LogP contribution >= 0.6 is 0 Å². The first-order valence-electron chi connectivity index (χ1n) is 12.3. The number of carboxylic acid groups (broad SMARTS) is 1. The Balaban J connectivity index is 0.000000448. The molecule has 2 unspecified atom stereocenters. The normalized spacial score (nSPS) is 18.0. The maximum Gasteiger partial charge on any atom is 0.490 e. The number of nitrogens with one attached hydrogen (secondary N) is 3. The predicted octanol–water partition coefficient (Wildman–Crippen LogP) is 3.90. The first-order chi connectivity index (χ1) is 18.5. The van der Waals surface area contributed by atoms with Gasteiger partial charge in [0, 0.05) is 47.1 Å². The molecule has 1 aliphatic heterocycles. The van der Waals surface area contributed by atoms with Crippen LogP contribution in [0.5, 0.6) is 0 Å². The molecule has 0 spiro atoms. The summed E-state index contributed by atoms with van der Waals surface area (Å²) in [6.07, 6.45) is 2.79. The molecular formula is C25H28F3N7O3S. The molecule has 1 aliphatic carbocycles. The van der Waals surface area contributed by atoms with Crippen LogP contribution in [0.4, 0.5) is 30.5 Å². The number of rotatable bonds is 7. The molecule has 4 N–H and O–H groups in total. The van der Waals surface area contributed by atoms with E-state index in [1.165, 1.54) is 5.56 Å². The van der Waals surface area contributed by atoms with E-state index in [9.17, 15) is 22.6 Å². The Morgan fingerprint density at radius 2 is 2.05 bits per heavy atom. The van der Waals surface area contributed by atoms with Crippen molar-refractivity contribution < 1.29 is 27.3 Å². The third kappa shape index (κ3) is 7.45. The third-order valence-corrected chi connectivity index (χ3v) is 6.99. The number of carboxylic acids is 1. The number of benzene rings is 1. The molecule has 5 rings (SSSR count). The second kappa shape index (κ2) is 12.0. The van der Waals surface area contributed by atoms with Crippen LogP contribution in [0, 0.1) is 11.3 Å². The number of piperidine rings is 1. The Labute approximate surface area is 225 Å². The van der Waals surface area contributed by atoms with Crippen molar-refractivity contribution in [2.24, 2.45) is 0 Å². The lowest BCUT2D eigenvalue weighted by molar-refractivity contribution is -0.192. The summed E-state index contributed by atoms with van der Waals surface area (Å²) in [5, 5.41) is 31.3. The van der Waals surface area contributed by atoms with E-state index in [0.717, 1.165) is 55.8 Å². The minimum Gasteiger partial charge on any atom is -0.475 e. The van der Waals surface area contributed by atoms with Crippen LogP contribution in [0.1, 0.15) is 48.3 Å². The molecule has 2 fully saturated rings. The van der Waals surface area contributed by atoms with Gasteiger partial charge in [-0.2, -0.15) is 28.0 Å². The number of anilines is 3. The molecule has 1 saturated heterocycles. The van der Waals surface area contributed by atoms with Gasteiger partial charge >= 0.3 is 12.1 Å². The van der Waals surface area contributed by atoms with Crippen molar-refractivity contribution in [3.05, 3.63) is 47.2 Å². The molecule has 39 heavy (non-hydrogen) atoms. The molecular weight excluding hydrogens is 535 g/mol. The van der Waals surface area contributed by atoms with Crippen LogP contribution in [0.2, 0.25) is 0 Å². The van der Waals surface area contributed by atoms with Gasteiger partial charge < -0.3 is 21.1 Å². The molecule has 14 heteroatoms. The lowest BCUT2D eigenvalue weighted by Gasteiger charge is -2.25. The third-order valence-electron chi connectivity index (χ3n) is 6.27. The van der Waals surface area contributed by atoms with Gasteiger partial charge in [-0.3, -0.25) is 4.21 Å². The van der Waals surface area contributed by atoms with Crippen LogP contribution < -0.4 is 16.0 Å². The fraction of sp³-hybridized carbons (Fsp3) is 0.440. The van der Waals surface area contributed by atoms with Gasteiger partial charge in [0.05, 0.1) is 6.20 Å². The molecule has 0 amide bonds. The number of nitrogens with zero attached hydrogens (tertiary/aromatic N) is 4. The topological polar surface area (TPSA) is 144 Å².